The Morgan fingerprint density at radius 1 is 1.18 bits per heavy atom. The van der Waals surface area contributed by atoms with Gasteiger partial charge in [-0.3, -0.25) is 4.79 Å². The zero-order valence-electron chi connectivity index (χ0n) is 16.5. The zero-order valence-corrected chi connectivity index (χ0v) is 16.5. The van der Waals surface area contributed by atoms with Crippen LogP contribution in [-0.2, 0) is 0 Å². The van der Waals surface area contributed by atoms with Crippen LogP contribution in [0.3, 0.4) is 0 Å². The molecule has 0 aromatic carbocycles. The van der Waals surface area contributed by atoms with E-state index in [0.29, 0.717) is 23.9 Å². The van der Waals surface area contributed by atoms with Gasteiger partial charge in [0.2, 0.25) is 5.88 Å². The molecule has 7 nitrogen and oxygen atoms in total. The largest absolute Gasteiger partial charge is 0.477 e. The molecule has 1 amide bonds. The standard InChI is InChI=1S/C21H27N5O2/c1-3-28-19-5-4-18(24-25-19)26-13(2)17(12-22-26)20(27)23-21-9-14-6-15(10-21)8-16(7-14)11-21/h4-5,12,14-16H,3,6-11H2,1-2H3,(H,23,27). The Hall–Kier alpha value is -2.44. The summed E-state index contributed by atoms with van der Waals surface area (Å²) < 4.78 is 7.00. The molecule has 2 aromatic rings. The lowest BCUT2D eigenvalue weighted by atomic mass is 9.53. The van der Waals surface area contributed by atoms with Gasteiger partial charge in [0.05, 0.1) is 24.1 Å². The van der Waals surface area contributed by atoms with E-state index in [4.69, 9.17) is 4.74 Å². The molecular formula is C21H27N5O2. The minimum atomic E-state index is -0.00963. The van der Waals surface area contributed by atoms with Crippen LogP contribution in [0.1, 0.15) is 61.5 Å². The van der Waals surface area contributed by atoms with Gasteiger partial charge in [0, 0.05) is 11.6 Å². The number of hydrogen-bond acceptors (Lipinski definition) is 5. The second-order valence-electron chi connectivity index (χ2n) is 8.87. The van der Waals surface area contributed by atoms with E-state index in [1.54, 1.807) is 23.0 Å². The molecule has 28 heavy (non-hydrogen) atoms. The Morgan fingerprint density at radius 2 is 1.86 bits per heavy atom. The van der Waals surface area contributed by atoms with Gasteiger partial charge in [-0.05, 0) is 76.2 Å². The molecule has 4 aliphatic rings. The van der Waals surface area contributed by atoms with E-state index < -0.39 is 0 Å². The Balaban J connectivity index is 1.35. The van der Waals surface area contributed by atoms with Crippen molar-refractivity contribution in [3.8, 4) is 11.7 Å². The van der Waals surface area contributed by atoms with E-state index >= 15 is 0 Å². The Kier molecular flexibility index (Phi) is 4.14. The maximum atomic E-state index is 13.1. The molecule has 4 bridgehead atoms. The van der Waals surface area contributed by atoms with Crippen LogP contribution in [0.15, 0.2) is 18.3 Å². The molecule has 0 unspecified atom stereocenters. The number of carbonyl (C=O) groups excluding carboxylic acids is 1. The van der Waals surface area contributed by atoms with Crippen molar-refractivity contribution in [2.75, 3.05) is 6.61 Å². The molecule has 2 heterocycles. The molecule has 148 valence electrons. The van der Waals surface area contributed by atoms with Gasteiger partial charge in [0.1, 0.15) is 0 Å². The van der Waals surface area contributed by atoms with Crippen LogP contribution >= 0.6 is 0 Å². The van der Waals surface area contributed by atoms with Crippen molar-refractivity contribution in [2.24, 2.45) is 17.8 Å². The van der Waals surface area contributed by atoms with Gasteiger partial charge < -0.3 is 10.1 Å². The topological polar surface area (TPSA) is 81.9 Å². The zero-order chi connectivity index (χ0) is 19.3. The van der Waals surface area contributed by atoms with Crippen LogP contribution in [-0.4, -0.2) is 38.0 Å². The molecular weight excluding hydrogens is 354 g/mol. The first kappa shape index (κ1) is 17.6. The molecule has 4 fully saturated rings. The fraction of sp³-hybridized carbons (Fsp3) is 0.619. The third kappa shape index (κ3) is 2.97. The summed E-state index contributed by atoms with van der Waals surface area (Å²) in [6.45, 7) is 4.35. The summed E-state index contributed by atoms with van der Waals surface area (Å²) >= 11 is 0. The van der Waals surface area contributed by atoms with E-state index in [1.165, 1.54) is 19.3 Å². The SMILES string of the molecule is CCOc1ccc(-n2ncc(C(=O)NC34CC5CC(CC(C5)C3)C4)c2C)nn1. The van der Waals surface area contributed by atoms with E-state index in [1.807, 2.05) is 13.8 Å². The Morgan fingerprint density at radius 3 is 2.43 bits per heavy atom. The number of nitrogens with zero attached hydrogens (tertiary/aromatic N) is 4. The van der Waals surface area contributed by atoms with E-state index in [0.717, 1.165) is 42.7 Å². The second-order valence-corrected chi connectivity index (χ2v) is 8.87. The van der Waals surface area contributed by atoms with Crippen molar-refractivity contribution in [3.63, 3.8) is 0 Å². The van der Waals surface area contributed by atoms with Crippen molar-refractivity contribution >= 4 is 5.91 Å². The third-order valence-corrected chi connectivity index (χ3v) is 6.81. The van der Waals surface area contributed by atoms with Gasteiger partial charge in [0.25, 0.3) is 5.91 Å². The van der Waals surface area contributed by atoms with E-state index in [2.05, 4.69) is 20.6 Å². The van der Waals surface area contributed by atoms with Crippen molar-refractivity contribution < 1.29 is 9.53 Å². The number of aromatic nitrogens is 4. The first-order valence-electron chi connectivity index (χ1n) is 10.4. The van der Waals surface area contributed by atoms with Crippen LogP contribution in [0.5, 0.6) is 5.88 Å². The minimum absolute atomic E-state index is 0.000676. The van der Waals surface area contributed by atoms with Crippen molar-refractivity contribution in [2.45, 2.75) is 57.9 Å². The monoisotopic (exact) mass is 381 g/mol. The van der Waals surface area contributed by atoms with Crippen LogP contribution in [0, 0.1) is 24.7 Å². The predicted molar refractivity (Wildman–Crippen MR) is 103 cm³/mol. The molecule has 0 aliphatic heterocycles. The normalized spacial score (nSPS) is 30.4. The predicted octanol–water partition coefficient (Wildman–Crippen LogP) is 3.07. The highest BCUT2D eigenvalue weighted by atomic mass is 16.5. The maximum absolute atomic E-state index is 13.1. The van der Waals surface area contributed by atoms with Crippen molar-refractivity contribution in [1.29, 1.82) is 0 Å². The van der Waals surface area contributed by atoms with E-state index in [9.17, 15) is 4.79 Å². The average molecular weight is 381 g/mol. The number of rotatable bonds is 5. The lowest BCUT2D eigenvalue weighted by molar-refractivity contribution is -0.0167. The quantitative estimate of drug-likeness (QED) is 0.861. The molecule has 2 aromatic heterocycles. The summed E-state index contributed by atoms with van der Waals surface area (Å²) in [6.07, 6.45) is 9.16. The molecule has 0 spiro atoms. The first-order valence-corrected chi connectivity index (χ1v) is 10.4. The third-order valence-electron chi connectivity index (χ3n) is 6.81. The maximum Gasteiger partial charge on any atom is 0.255 e. The number of ether oxygens (including phenoxy) is 1. The number of amides is 1. The molecule has 4 aliphatic carbocycles. The Bertz CT molecular complexity index is 853. The highest BCUT2D eigenvalue weighted by Gasteiger charge is 2.51. The van der Waals surface area contributed by atoms with Crippen LogP contribution in [0.4, 0.5) is 0 Å². The van der Waals surface area contributed by atoms with Crippen LogP contribution < -0.4 is 10.1 Å². The first-order chi connectivity index (χ1) is 13.5. The molecule has 1 N–H and O–H groups in total. The molecule has 6 rings (SSSR count). The summed E-state index contributed by atoms with van der Waals surface area (Å²) in [5.74, 6) is 3.45. The number of nitrogens with one attached hydrogen (secondary N) is 1. The van der Waals surface area contributed by atoms with Gasteiger partial charge in [0.15, 0.2) is 5.82 Å². The smallest absolute Gasteiger partial charge is 0.255 e. The van der Waals surface area contributed by atoms with Gasteiger partial charge >= 0.3 is 0 Å². The fourth-order valence-electron chi connectivity index (χ4n) is 6.09. The van der Waals surface area contributed by atoms with Gasteiger partial charge in [-0.2, -0.15) is 5.10 Å². The van der Waals surface area contributed by atoms with Crippen molar-refractivity contribution in [3.05, 3.63) is 29.6 Å². The number of hydrogen-bond donors (Lipinski definition) is 1. The van der Waals surface area contributed by atoms with Gasteiger partial charge in [-0.25, -0.2) is 4.68 Å². The highest BCUT2D eigenvalue weighted by molar-refractivity contribution is 5.95. The summed E-state index contributed by atoms with van der Waals surface area (Å²) in [6, 6.07) is 3.57. The van der Waals surface area contributed by atoms with E-state index in [-0.39, 0.29) is 11.4 Å². The molecule has 0 saturated heterocycles. The Labute approximate surface area is 164 Å². The van der Waals surface area contributed by atoms with Gasteiger partial charge in [-0.1, -0.05) is 0 Å². The summed E-state index contributed by atoms with van der Waals surface area (Å²) in [5.41, 5.74) is 1.39. The average Bonchev–Trinajstić information content (AvgIpc) is 3.03. The van der Waals surface area contributed by atoms with Crippen LogP contribution in [0.25, 0.3) is 5.82 Å². The summed E-state index contributed by atoms with van der Waals surface area (Å²) in [4.78, 5) is 13.1. The van der Waals surface area contributed by atoms with Crippen LogP contribution in [0.2, 0.25) is 0 Å². The molecule has 0 atom stereocenters. The second kappa shape index (κ2) is 6.57. The minimum Gasteiger partial charge on any atom is -0.477 e. The molecule has 4 saturated carbocycles. The lowest BCUT2D eigenvalue weighted by Gasteiger charge is -2.56. The highest BCUT2D eigenvalue weighted by Crippen LogP contribution is 2.55. The molecule has 7 heteroatoms. The fourth-order valence-corrected chi connectivity index (χ4v) is 6.09. The summed E-state index contributed by atoms with van der Waals surface area (Å²) in [5, 5.41) is 16.0. The molecule has 0 radical (unpaired) electrons. The number of carbonyl (C=O) groups is 1. The van der Waals surface area contributed by atoms with Crippen molar-refractivity contribution in [1.82, 2.24) is 25.3 Å². The summed E-state index contributed by atoms with van der Waals surface area (Å²) in [7, 11) is 0. The van der Waals surface area contributed by atoms with Gasteiger partial charge in [-0.15, -0.1) is 10.2 Å². The lowest BCUT2D eigenvalue weighted by Crippen LogP contribution is -2.59.